The van der Waals surface area contributed by atoms with Gasteiger partial charge in [-0.1, -0.05) is 36.4 Å². The lowest BCUT2D eigenvalue weighted by Gasteiger charge is -2.25. The Bertz CT molecular complexity index is 1790. The zero-order chi connectivity index (χ0) is 32.8. The van der Waals surface area contributed by atoms with Crippen LogP contribution in [0.4, 0.5) is 16.4 Å². The van der Waals surface area contributed by atoms with Crippen LogP contribution in [-0.4, -0.2) is 46.7 Å². The van der Waals surface area contributed by atoms with Crippen molar-refractivity contribution in [2.45, 2.75) is 37.0 Å². The van der Waals surface area contributed by atoms with E-state index in [-0.39, 0.29) is 29.7 Å². The zero-order valence-electron chi connectivity index (χ0n) is 25.0. The summed E-state index contributed by atoms with van der Waals surface area (Å²) < 4.78 is 5.35. The summed E-state index contributed by atoms with van der Waals surface area (Å²) in [6, 6.07) is 21.5. The van der Waals surface area contributed by atoms with E-state index >= 15 is 0 Å². The number of hydrogen-bond donors (Lipinski definition) is 2. The summed E-state index contributed by atoms with van der Waals surface area (Å²) in [7, 11) is 0. The van der Waals surface area contributed by atoms with Crippen LogP contribution >= 0.6 is 23.1 Å². The van der Waals surface area contributed by atoms with Crippen molar-refractivity contribution in [1.29, 1.82) is 0 Å². The second kappa shape index (κ2) is 14.4. The summed E-state index contributed by atoms with van der Waals surface area (Å²) in [5.74, 6) is -1.38. The highest BCUT2D eigenvalue weighted by atomic mass is 32.2. The second-order valence-corrected chi connectivity index (χ2v) is 12.6. The average molecular weight is 659 g/mol. The number of thiophene rings is 1. The first-order valence-electron chi connectivity index (χ1n) is 14.4. The van der Waals surface area contributed by atoms with Crippen molar-refractivity contribution in [3.63, 3.8) is 0 Å². The third-order valence-electron chi connectivity index (χ3n) is 7.25. The second-order valence-electron chi connectivity index (χ2n) is 10.3. The van der Waals surface area contributed by atoms with Gasteiger partial charge in [0.05, 0.1) is 23.6 Å². The molecule has 0 bridgehead atoms. The number of non-ortho nitro benzene ring substituents is 1. The molecule has 0 saturated heterocycles. The summed E-state index contributed by atoms with van der Waals surface area (Å²) in [6.45, 7) is 4.23. The maximum atomic E-state index is 14.0. The Kier molecular flexibility index (Phi) is 10.1. The molecule has 11 nitrogen and oxygen atoms in total. The Morgan fingerprint density at radius 2 is 1.76 bits per heavy atom. The van der Waals surface area contributed by atoms with Crippen molar-refractivity contribution in [1.82, 2.24) is 4.90 Å². The number of anilines is 2. The standard InChI is InChI=1S/C33H30N4O7S2/c1-3-44-33(41)28-26-16-17-36(20(2)38)19-27(26)46-32(28)35-31(40)29(21-8-5-4-6-9-21)45-25-11-7-10-23(18-25)34-30(39)22-12-14-24(15-13-22)37(42)43/h4-15,18,29H,3,16-17,19H2,1-2H3,(H,34,39)(H,35,40). The fourth-order valence-corrected chi connectivity index (χ4v) is 7.32. The molecular formula is C33H30N4O7S2. The van der Waals surface area contributed by atoms with Gasteiger partial charge in [0.2, 0.25) is 11.8 Å². The van der Waals surface area contributed by atoms with Crippen molar-refractivity contribution < 1.29 is 28.8 Å². The molecule has 1 atom stereocenters. The molecule has 3 amide bonds. The number of carbonyl (C=O) groups is 4. The molecule has 0 radical (unpaired) electrons. The number of nitrogens with zero attached hydrogens (tertiary/aromatic N) is 2. The molecule has 0 saturated carbocycles. The molecule has 0 spiro atoms. The van der Waals surface area contributed by atoms with E-state index < -0.39 is 22.0 Å². The molecule has 1 unspecified atom stereocenters. The lowest BCUT2D eigenvalue weighted by Crippen LogP contribution is -2.34. The first-order chi connectivity index (χ1) is 22.1. The van der Waals surface area contributed by atoms with E-state index in [0.717, 1.165) is 16.0 Å². The van der Waals surface area contributed by atoms with Gasteiger partial charge in [-0.2, -0.15) is 0 Å². The van der Waals surface area contributed by atoms with Gasteiger partial charge < -0.3 is 20.3 Å². The number of thioether (sulfide) groups is 1. The molecule has 236 valence electrons. The average Bonchev–Trinajstić information content (AvgIpc) is 3.41. The van der Waals surface area contributed by atoms with Crippen molar-refractivity contribution >= 4 is 63.2 Å². The van der Waals surface area contributed by atoms with Crippen LogP contribution in [-0.2, 0) is 27.3 Å². The Labute approximate surface area is 273 Å². The molecule has 1 aromatic heterocycles. The van der Waals surface area contributed by atoms with Crippen LogP contribution in [0.3, 0.4) is 0 Å². The number of esters is 1. The lowest BCUT2D eigenvalue weighted by molar-refractivity contribution is -0.384. The van der Waals surface area contributed by atoms with E-state index in [9.17, 15) is 29.3 Å². The zero-order valence-corrected chi connectivity index (χ0v) is 26.6. The van der Waals surface area contributed by atoms with Crippen LogP contribution in [0.25, 0.3) is 0 Å². The summed E-state index contributed by atoms with van der Waals surface area (Å²) >= 11 is 2.55. The van der Waals surface area contributed by atoms with E-state index in [1.807, 2.05) is 36.4 Å². The predicted molar refractivity (Wildman–Crippen MR) is 176 cm³/mol. The SMILES string of the molecule is CCOC(=O)c1c(NC(=O)C(Sc2cccc(NC(=O)c3ccc([N+](=O)[O-])cc3)c2)c2ccccc2)sc2c1CCN(C(C)=O)C2. The van der Waals surface area contributed by atoms with Crippen molar-refractivity contribution in [2.24, 2.45) is 0 Å². The molecule has 2 heterocycles. The van der Waals surface area contributed by atoms with Crippen molar-refractivity contribution in [2.75, 3.05) is 23.8 Å². The number of hydrogen-bond acceptors (Lipinski definition) is 9. The van der Waals surface area contributed by atoms with Gasteiger partial charge in [0, 0.05) is 46.6 Å². The fourth-order valence-electron chi connectivity index (χ4n) is 4.98. The maximum absolute atomic E-state index is 14.0. The number of nitro groups is 1. The van der Waals surface area contributed by atoms with E-state index in [4.69, 9.17) is 4.74 Å². The summed E-state index contributed by atoms with van der Waals surface area (Å²) in [6.07, 6.45) is 0.477. The molecule has 1 aliphatic heterocycles. The van der Waals surface area contributed by atoms with E-state index in [1.165, 1.54) is 54.3 Å². The van der Waals surface area contributed by atoms with E-state index in [1.54, 1.807) is 30.0 Å². The first-order valence-corrected chi connectivity index (χ1v) is 16.1. The largest absolute Gasteiger partial charge is 0.462 e. The highest BCUT2D eigenvalue weighted by Crippen LogP contribution is 2.41. The number of nitrogens with one attached hydrogen (secondary N) is 2. The lowest BCUT2D eigenvalue weighted by atomic mass is 10.0. The summed E-state index contributed by atoms with van der Waals surface area (Å²) in [4.78, 5) is 65.6. The minimum absolute atomic E-state index is 0.0611. The minimum Gasteiger partial charge on any atom is -0.462 e. The summed E-state index contributed by atoms with van der Waals surface area (Å²) in [5, 5.41) is 16.4. The van der Waals surface area contributed by atoms with E-state index in [0.29, 0.717) is 40.7 Å². The minimum atomic E-state index is -0.732. The Morgan fingerprint density at radius 3 is 2.43 bits per heavy atom. The van der Waals surface area contributed by atoms with Gasteiger partial charge in [-0.25, -0.2) is 4.79 Å². The monoisotopic (exact) mass is 658 g/mol. The Morgan fingerprint density at radius 1 is 1.02 bits per heavy atom. The number of fused-ring (bicyclic) bond motifs is 1. The number of carbonyl (C=O) groups excluding carboxylic acids is 4. The van der Waals surface area contributed by atoms with Crippen LogP contribution < -0.4 is 10.6 Å². The normalized spacial score (nSPS) is 12.9. The molecule has 4 aromatic rings. The Hall–Kier alpha value is -5.01. The number of ether oxygens (including phenoxy) is 1. The molecule has 2 N–H and O–H groups in total. The molecule has 0 fully saturated rings. The van der Waals surface area contributed by atoms with Crippen LogP contribution in [0.5, 0.6) is 0 Å². The number of amides is 3. The predicted octanol–water partition coefficient (Wildman–Crippen LogP) is 6.46. The van der Waals surface area contributed by atoms with Gasteiger partial charge in [-0.05, 0) is 54.8 Å². The van der Waals surface area contributed by atoms with Crippen molar-refractivity contribution in [3.8, 4) is 0 Å². The molecule has 46 heavy (non-hydrogen) atoms. The van der Waals surface area contributed by atoms with Gasteiger partial charge in [-0.3, -0.25) is 24.5 Å². The third kappa shape index (κ3) is 7.44. The Balaban J connectivity index is 1.39. The quantitative estimate of drug-likeness (QED) is 0.0854. The first kappa shape index (κ1) is 32.4. The number of benzene rings is 3. The molecule has 0 aliphatic carbocycles. The molecular weight excluding hydrogens is 629 g/mol. The van der Waals surface area contributed by atoms with Gasteiger partial charge in [0.15, 0.2) is 0 Å². The van der Waals surface area contributed by atoms with Crippen LogP contribution in [0.1, 0.15) is 55.8 Å². The van der Waals surface area contributed by atoms with Crippen LogP contribution in [0.15, 0.2) is 83.8 Å². The van der Waals surface area contributed by atoms with Gasteiger partial charge in [0.1, 0.15) is 10.3 Å². The smallest absolute Gasteiger partial charge is 0.341 e. The topological polar surface area (TPSA) is 148 Å². The van der Waals surface area contributed by atoms with E-state index in [2.05, 4.69) is 10.6 Å². The van der Waals surface area contributed by atoms with Crippen LogP contribution in [0.2, 0.25) is 0 Å². The molecule has 13 heteroatoms. The maximum Gasteiger partial charge on any atom is 0.341 e. The van der Waals surface area contributed by atoms with Gasteiger partial charge in [0.25, 0.3) is 11.6 Å². The van der Waals surface area contributed by atoms with Gasteiger partial charge >= 0.3 is 5.97 Å². The van der Waals surface area contributed by atoms with Gasteiger partial charge in [-0.15, -0.1) is 23.1 Å². The molecule has 1 aliphatic rings. The molecule has 3 aromatic carbocycles. The highest BCUT2D eigenvalue weighted by Gasteiger charge is 2.32. The van der Waals surface area contributed by atoms with Crippen molar-refractivity contribution in [3.05, 3.63) is 116 Å². The fraction of sp³-hybridized carbons (Fsp3) is 0.212. The number of nitro benzene ring substituents is 1. The third-order valence-corrected chi connectivity index (χ3v) is 9.63. The highest BCUT2D eigenvalue weighted by molar-refractivity contribution is 8.00. The summed E-state index contributed by atoms with van der Waals surface area (Å²) in [5.41, 5.74) is 2.46. The van der Waals surface area contributed by atoms with Crippen LogP contribution in [0, 0.1) is 10.1 Å². The number of rotatable bonds is 10. The molecule has 5 rings (SSSR count).